The zero-order valence-electron chi connectivity index (χ0n) is 12.5. The van der Waals surface area contributed by atoms with Gasteiger partial charge in [0.2, 0.25) is 0 Å². The fourth-order valence-corrected chi connectivity index (χ4v) is 2.44. The number of carboxylic acids is 1. The molecule has 0 aromatic carbocycles. The third-order valence-electron chi connectivity index (χ3n) is 3.74. The van der Waals surface area contributed by atoms with Gasteiger partial charge in [0.25, 0.3) is 5.91 Å². The fraction of sp³-hybridized carbons (Fsp3) is 0.533. The second-order valence-electron chi connectivity index (χ2n) is 5.52. The second kappa shape index (κ2) is 6.56. The summed E-state index contributed by atoms with van der Waals surface area (Å²) in [5, 5.41) is 8.89. The van der Waals surface area contributed by atoms with Gasteiger partial charge in [-0.2, -0.15) is 0 Å². The minimum Gasteiger partial charge on any atom is -0.481 e. The molecule has 0 saturated carbocycles. The maximum atomic E-state index is 12.2. The Morgan fingerprint density at radius 3 is 2.57 bits per heavy atom. The topological polar surface area (TPSA) is 73.7 Å². The molecule has 2 rings (SSSR count). The lowest BCUT2D eigenvalue weighted by Gasteiger charge is -2.20. The quantitative estimate of drug-likeness (QED) is 0.889. The van der Waals surface area contributed by atoms with Crippen LogP contribution in [0.5, 0.6) is 0 Å². The maximum Gasteiger partial charge on any atom is 0.308 e. The molecular weight excluding hydrogens is 270 g/mol. The monoisotopic (exact) mass is 291 g/mol. The number of rotatable bonds is 5. The molecule has 1 aromatic heterocycles. The molecule has 0 radical (unpaired) electrons. The SMILES string of the molecule is CC(CN(C)C(=O)c1ccc(N2CCCC2)nc1)C(=O)O. The predicted molar refractivity (Wildman–Crippen MR) is 79.4 cm³/mol. The van der Waals surface area contributed by atoms with E-state index in [2.05, 4.69) is 9.88 Å². The van der Waals surface area contributed by atoms with Crippen molar-refractivity contribution in [3.63, 3.8) is 0 Å². The normalized spacial score (nSPS) is 15.8. The van der Waals surface area contributed by atoms with E-state index in [4.69, 9.17) is 5.11 Å². The molecule has 6 heteroatoms. The van der Waals surface area contributed by atoms with Gasteiger partial charge in [-0.3, -0.25) is 9.59 Å². The molecule has 1 saturated heterocycles. The first-order valence-corrected chi connectivity index (χ1v) is 7.18. The Morgan fingerprint density at radius 2 is 2.05 bits per heavy atom. The van der Waals surface area contributed by atoms with Crippen LogP contribution in [0.1, 0.15) is 30.1 Å². The highest BCUT2D eigenvalue weighted by molar-refractivity contribution is 5.94. The summed E-state index contributed by atoms with van der Waals surface area (Å²) in [7, 11) is 1.61. The Hall–Kier alpha value is -2.11. The molecule has 1 aromatic rings. The number of carbonyl (C=O) groups excluding carboxylic acids is 1. The van der Waals surface area contributed by atoms with Crippen LogP contribution in [-0.4, -0.2) is 53.5 Å². The minimum atomic E-state index is -0.905. The van der Waals surface area contributed by atoms with Crippen LogP contribution < -0.4 is 4.90 Å². The number of aliphatic carboxylic acids is 1. The molecule has 1 unspecified atom stereocenters. The highest BCUT2D eigenvalue weighted by atomic mass is 16.4. The van der Waals surface area contributed by atoms with Gasteiger partial charge in [-0.15, -0.1) is 0 Å². The Kier molecular flexibility index (Phi) is 4.77. The number of anilines is 1. The molecule has 2 heterocycles. The second-order valence-corrected chi connectivity index (χ2v) is 5.52. The van der Waals surface area contributed by atoms with Crippen LogP contribution in [0.15, 0.2) is 18.3 Å². The molecule has 1 aliphatic rings. The molecule has 114 valence electrons. The smallest absolute Gasteiger partial charge is 0.308 e. The summed E-state index contributed by atoms with van der Waals surface area (Å²) < 4.78 is 0. The highest BCUT2D eigenvalue weighted by Crippen LogP contribution is 2.18. The van der Waals surface area contributed by atoms with Crippen molar-refractivity contribution in [1.29, 1.82) is 0 Å². The van der Waals surface area contributed by atoms with E-state index in [9.17, 15) is 9.59 Å². The summed E-state index contributed by atoms with van der Waals surface area (Å²) in [6.07, 6.45) is 3.92. The Morgan fingerprint density at radius 1 is 1.38 bits per heavy atom. The molecule has 1 N–H and O–H groups in total. The Balaban J connectivity index is 2.00. The zero-order chi connectivity index (χ0) is 15.4. The van der Waals surface area contributed by atoms with E-state index < -0.39 is 11.9 Å². The first kappa shape index (κ1) is 15.3. The molecule has 1 aliphatic heterocycles. The zero-order valence-corrected chi connectivity index (χ0v) is 12.5. The fourth-order valence-electron chi connectivity index (χ4n) is 2.44. The van der Waals surface area contributed by atoms with Gasteiger partial charge >= 0.3 is 5.97 Å². The van der Waals surface area contributed by atoms with Crippen molar-refractivity contribution in [1.82, 2.24) is 9.88 Å². The molecule has 0 bridgehead atoms. The predicted octanol–water partition coefficient (Wildman–Crippen LogP) is 1.47. The molecule has 0 spiro atoms. The lowest BCUT2D eigenvalue weighted by atomic mass is 10.1. The van der Waals surface area contributed by atoms with Gasteiger partial charge in [-0.1, -0.05) is 6.92 Å². The number of carboxylic acid groups (broad SMARTS) is 1. The third-order valence-corrected chi connectivity index (χ3v) is 3.74. The van der Waals surface area contributed by atoms with Crippen LogP contribution in [0.3, 0.4) is 0 Å². The molecule has 6 nitrogen and oxygen atoms in total. The van der Waals surface area contributed by atoms with E-state index in [-0.39, 0.29) is 12.5 Å². The van der Waals surface area contributed by atoms with Crippen LogP contribution in [-0.2, 0) is 4.79 Å². The van der Waals surface area contributed by atoms with Gasteiger partial charge in [-0.25, -0.2) is 4.98 Å². The summed E-state index contributed by atoms with van der Waals surface area (Å²) in [6.45, 7) is 3.79. The molecule has 1 amide bonds. The van der Waals surface area contributed by atoms with Gasteiger partial charge in [0.05, 0.1) is 11.5 Å². The summed E-state index contributed by atoms with van der Waals surface area (Å²) in [6, 6.07) is 3.61. The number of nitrogens with zero attached hydrogens (tertiary/aromatic N) is 3. The van der Waals surface area contributed by atoms with Gasteiger partial charge in [0.1, 0.15) is 5.82 Å². The summed E-state index contributed by atoms with van der Waals surface area (Å²) in [5.41, 5.74) is 0.484. The van der Waals surface area contributed by atoms with Gasteiger partial charge in [-0.05, 0) is 25.0 Å². The van der Waals surface area contributed by atoms with Crippen molar-refractivity contribution in [2.45, 2.75) is 19.8 Å². The van der Waals surface area contributed by atoms with Gasteiger partial charge < -0.3 is 14.9 Å². The largest absolute Gasteiger partial charge is 0.481 e. The lowest BCUT2D eigenvalue weighted by molar-refractivity contribution is -0.141. The average Bonchev–Trinajstić information content (AvgIpc) is 3.00. The summed E-state index contributed by atoms with van der Waals surface area (Å²) >= 11 is 0. The number of hydrogen-bond acceptors (Lipinski definition) is 4. The van der Waals surface area contributed by atoms with Crippen molar-refractivity contribution >= 4 is 17.7 Å². The number of pyridine rings is 1. The third kappa shape index (κ3) is 3.71. The van der Waals surface area contributed by atoms with Crippen molar-refractivity contribution in [3.8, 4) is 0 Å². The van der Waals surface area contributed by atoms with Crippen LogP contribution in [0.25, 0.3) is 0 Å². The molecular formula is C15H21N3O3. The first-order valence-electron chi connectivity index (χ1n) is 7.18. The molecule has 1 fully saturated rings. The van der Waals surface area contributed by atoms with E-state index in [0.717, 1.165) is 18.9 Å². The van der Waals surface area contributed by atoms with E-state index in [1.165, 1.54) is 17.7 Å². The summed E-state index contributed by atoms with van der Waals surface area (Å²) in [4.78, 5) is 31.0. The van der Waals surface area contributed by atoms with Crippen molar-refractivity contribution in [2.24, 2.45) is 5.92 Å². The number of amides is 1. The van der Waals surface area contributed by atoms with Crippen LogP contribution in [0, 0.1) is 5.92 Å². The Labute approximate surface area is 124 Å². The number of aromatic nitrogens is 1. The van der Waals surface area contributed by atoms with Crippen LogP contribution in [0.4, 0.5) is 5.82 Å². The first-order chi connectivity index (χ1) is 9.99. The van der Waals surface area contributed by atoms with Gasteiger partial charge in [0.15, 0.2) is 0 Å². The van der Waals surface area contributed by atoms with Crippen LogP contribution >= 0.6 is 0 Å². The number of hydrogen-bond donors (Lipinski definition) is 1. The molecule has 21 heavy (non-hydrogen) atoms. The molecule has 0 aliphatic carbocycles. The minimum absolute atomic E-state index is 0.183. The van der Waals surface area contributed by atoms with Crippen molar-refractivity contribution in [2.75, 3.05) is 31.6 Å². The average molecular weight is 291 g/mol. The highest BCUT2D eigenvalue weighted by Gasteiger charge is 2.19. The van der Waals surface area contributed by atoms with Gasteiger partial charge in [0, 0.05) is 32.9 Å². The van der Waals surface area contributed by atoms with E-state index in [1.807, 2.05) is 6.07 Å². The number of carbonyl (C=O) groups is 2. The standard InChI is InChI=1S/C15H21N3O3/c1-11(15(20)21)10-17(2)14(19)12-5-6-13(16-9-12)18-7-3-4-8-18/h5-6,9,11H,3-4,7-8,10H2,1-2H3,(H,20,21). The van der Waals surface area contributed by atoms with E-state index in [0.29, 0.717) is 5.56 Å². The maximum absolute atomic E-state index is 12.2. The Bertz CT molecular complexity index is 509. The van der Waals surface area contributed by atoms with E-state index >= 15 is 0 Å². The van der Waals surface area contributed by atoms with Crippen molar-refractivity contribution in [3.05, 3.63) is 23.9 Å². The lowest BCUT2D eigenvalue weighted by Crippen LogP contribution is -2.33. The van der Waals surface area contributed by atoms with Crippen LogP contribution in [0.2, 0.25) is 0 Å². The van der Waals surface area contributed by atoms with Crippen molar-refractivity contribution < 1.29 is 14.7 Å². The van der Waals surface area contributed by atoms with E-state index in [1.54, 1.807) is 26.2 Å². The molecule has 1 atom stereocenters. The summed E-state index contributed by atoms with van der Waals surface area (Å²) in [5.74, 6) is -0.804.